The first-order chi connectivity index (χ1) is 16.0. The van der Waals surface area contributed by atoms with Gasteiger partial charge in [0.1, 0.15) is 18.5 Å². The van der Waals surface area contributed by atoms with Gasteiger partial charge in [0.2, 0.25) is 0 Å². The zero-order valence-electron chi connectivity index (χ0n) is 19.0. The molecule has 0 saturated heterocycles. The van der Waals surface area contributed by atoms with Crippen LogP contribution in [0.3, 0.4) is 0 Å². The first-order valence-corrected chi connectivity index (χ1v) is 11.2. The summed E-state index contributed by atoms with van der Waals surface area (Å²) in [5.74, 6) is 0.930. The number of hydrogen-bond acceptors (Lipinski definition) is 5. The van der Waals surface area contributed by atoms with Gasteiger partial charge in [0.25, 0.3) is 0 Å². The Morgan fingerprint density at radius 1 is 0.939 bits per heavy atom. The second-order valence-corrected chi connectivity index (χ2v) is 8.45. The minimum absolute atomic E-state index is 0.0936. The fraction of sp³-hybridized carbons (Fsp3) is 0.250. The summed E-state index contributed by atoms with van der Waals surface area (Å²) in [5, 5.41) is 11.2. The smallest absolute Gasteiger partial charge is 0.193 e. The molecule has 0 bridgehead atoms. The molecular formula is C28H29NO4. The topological polar surface area (TPSA) is 62.9 Å². The van der Waals surface area contributed by atoms with Gasteiger partial charge < -0.3 is 14.3 Å². The molecule has 1 heterocycles. The Hall–Kier alpha value is -3.41. The van der Waals surface area contributed by atoms with E-state index in [4.69, 9.17) is 9.15 Å². The van der Waals surface area contributed by atoms with Crippen molar-refractivity contribution in [3.63, 3.8) is 0 Å². The van der Waals surface area contributed by atoms with Gasteiger partial charge in [0, 0.05) is 30.8 Å². The molecule has 0 fully saturated rings. The van der Waals surface area contributed by atoms with Crippen molar-refractivity contribution < 1.29 is 14.3 Å². The molecular weight excluding hydrogens is 414 g/mol. The molecule has 0 aliphatic carbocycles. The van der Waals surface area contributed by atoms with E-state index < -0.39 is 6.10 Å². The molecule has 170 valence electrons. The maximum absolute atomic E-state index is 12.7. The largest absolute Gasteiger partial charge is 0.487 e. The Balaban J connectivity index is 1.50. The van der Waals surface area contributed by atoms with Gasteiger partial charge in [0.15, 0.2) is 16.8 Å². The molecule has 0 spiro atoms. The third kappa shape index (κ3) is 5.69. The van der Waals surface area contributed by atoms with E-state index in [1.807, 2.05) is 48.5 Å². The molecule has 4 rings (SSSR count). The van der Waals surface area contributed by atoms with Crippen LogP contribution in [0.1, 0.15) is 19.4 Å². The van der Waals surface area contributed by atoms with E-state index >= 15 is 0 Å². The van der Waals surface area contributed by atoms with Crippen LogP contribution >= 0.6 is 0 Å². The summed E-state index contributed by atoms with van der Waals surface area (Å²) in [4.78, 5) is 14.9. The lowest BCUT2D eigenvalue weighted by Crippen LogP contribution is -2.39. The first-order valence-electron chi connectivity index (χ1n) is 11.2. The number of ether oxygens (including phenoxy) is 1. The third-order valence-electron chi connectivity index (χ3n) is 5.61. The van der Waals surface area contributed by atoms with E-state index in [1.165, 1.54) is 11.6 Å². The molecule has 33 heavy (non-hydrogen) atoms. The molecule has 5 heteroatoms. The maximum atomic E-state index is 12.7. The minimum atomic E-state index is -0.699. The quantitative estimate of drug-likeness (QED) is 0.389. The van der Waals surface area contributed by atoms with Gasteiger partial charge in [-0.05, 0) is 31.5 Å². The maximum Gasteiger partial charge on any atom is 0.193 e. The Labute approximate surface area is 193 Å². The van der Waals surface area contributed by atoms with Crippen molar-refractivity contribution in [1.29, 1.82) is 0 Å². The molecule has 0 aliphatic heterocycles. The summed E-state index contributed by atoms with van der Waals surface area (Å²) < 4.78 is 12.0. The van der Waals surface area contributed by atoms with Crippen molar-refractivity contribution in [3.05, 3.63) is 101 Å². The van der Waals surface area contributed by atoms with Crippen molar-refractivity contribution in [2.45, 2.75) is 32.5 Å². The molecule has 0 radical (unpaired) electrons. The molecule has 0 saturated carbocycles. The molecule has 5 nitrogen and oxygen atoms in total. The van der Waals surface area contributed by atoms with Crippen LogP contribution < -0.4 is 10.2 Å². The molecule has 3 aromatic carbocycles. The second kappa shape index (κ2) is 10.5. The van der Waals surface area contributed by atoms with E-state index in [0.717, 1.165) is 12.1 Å². The zero-order chi connectivity index (χ0) is 23.2. The van der Waals surface area contributed by atoms with Crippen molar-refractivity contribution in [2.24, 2.45) is 0 Å². The molecule has 1 atom stereocenters. The standard InChI is InChI=1S/C28H29NO4/c1-20(2)29(17-21-10-5-3-6-11-21)18-23(30)19-32-26-15-9-14-24-25(31)16-27(33-28(24)26)22-12-7-4-8-13-22/h3-16,20,23,30H,17-19H2,1-2H3. The van der Waals surface area contributed by atoms with Gasteiger partial charge in [-0.15, -0.1) is 0 Å². The van der Waals surface area contributed by atoms with Crippen LogP contribution in [0.25, 0.3) is 22.3 Å². The van der Waals surface area contributed by atoms with Crippen LogP contribution in [0.4, 0.5) is 0 Å². The number of hydrogen-bond donors (Lipinski definition) is 1. The van der Waals surface area contributed by atoms with E-state index in [2.05, 4.69) is 30.9 Å². The van der Waals surface area contributed by atoms with Crippen LogP contribution in [0, 0.1) is 0 Å². The average Bonchev–Trinajstić information content (AvgIpc) is 2.83. The predicted molar refractivity (Wildman–Crippen MR) is 131 cm³/mol. The SMILES string of the molecule is CC(C)N(Cc1ccccc1)CC(O)COc1cccc2c(=O)cc(-c3ccccc3)oc12. The molecule has 0 aliphatic rings. The van der Waals surface area contributed by atoms with E-state index in [-0.39, 0.29) is 18.1 Å². The summed E-state index contributed by atoms with van der Waals surface area (Å²) >= 11 is 0. The van der Waals surface area contributed by atoms with Crippen LogP contribution in [0.15, 0.2) is 94.1 Å². The minimum Gasteiger partial charge on any atom is -0.487 e. The van der Waals surface area contributed by atoms with Gasteiger partial charge in [-0.25, -0.2) is 0 Å². The molecule has 4 aromatic rings. The lowest BCUT2D eigenvalue weighted by molar-refractivity contribution is 0.0545. The third-order valence-corrected chi connectivity index (χ3v) is 5.61. The Bertz CT molecular complexity index is 1240. The van der Waals surface area contributed by atoms with Gasteiger partial charge in [0.05, 0.1) is 5.39 Å². The number of aliphatic hydroxyl groups is 1. The Morgan fingerprint density at radius 2 is 1.64 bits per heavy atom. The van der Waals surface area contributed by atoms with Gasteiger partial charge in [-0.2, -0.15) is 0 Å². The Kier molecular flexibility index (Phi) is 7.23. The van der Waals surface area contributed by atoms with Gasteiger partial charge in [-0.3, -0.25) is 9.69 Å². The molecule has 1 aromatic heterocycles. The van der Waals surface area contributed by atoms with Gasteiger partial charge in [-0.1, -0.05) is 66.7 Å². The van der Waals surface area contributed by atoms with Crippen LogP contribution in [0.5, 0.6) is 5.75 Å². The molecule has 1 N–H and O–H groups in total. The monoisotopic (exact) mass is 443 g/mol. The Morgan fingerprint density at radius 3 is 2.33 bits per heavy atom. The lowest BCUT2D eigenvalue weighted by atomic mass is 10.1. The van der Waals surface area contributed by atoms with E-state index in [9.17, 15) is 9.90 Å². The normalized spacial score (nSPS) is 12.4. The highest BCUT2D eigenvalue weighted by Gasteiger charge is 2.17. The number of nitrogens with zero attached hydrogens (tertiary/aromatic N) is 1. The highest BCUT2D eigenvalue weighted by molar-refractivity contribution is 5.84. The summed E-state index contributed by atoms with van der Waals surface area (Å²) in [6.45, 7) is 5.54. The van der Waals surface area contributed by atoms with E-state index in [1.54, 1.807) is 18.2 Å². The highest BCUT2D eigenvalue weighted by Crippen LogP contribution is 2.28. The number of para-hydroxylation sites is 1. The van der Waals surface area contributed by atoms with Crippen molar-refractivity contribution in [3.8, 4) is 17.1 Å². The van der Waals surface area contributed by atoms with Crippen LogP contribution in [0.2, 0.25) is 0 Å². The van der Waals surface area contributed by atoms with Crippen LogP contribution in [-0.4, -0.2) is 35.3 Å². The fourth-order valence-electron chi connectivity index (χ4n) is 3.79. The summed E-state index contributed by atoms with van der Waals surface area (Å²) in [5.41, 5.74) is 2.28. The lowest BCUT2D eigenvalue weighted by Gasteiger charge is -2.28. The summed E-state index contributed by atoms with van der Waals surface area (Å²) in [6.07, 6.45) is -0.699. The molecule has 0 amide bonds. The van der Waals surface area contributed by atoms with Crippen molar-refractivity contribution in [1.82, 2.24) is 4.90 Å². The summed E-state index contributed by atoms with van der Waals surface area (Å²) in [6, 6.07) is 26.7. The second-order valence-electron chi connectivity index (χ2n) is 8.45. The molecule has 1 unspecified atom stereocenters. The van der Waals surface area contributed by atoms with Crippen molar-refractivity contribution >= 4 is 11.0 Å². The van der Waals surface area contributed by atoms with Gasteiger partial charge >= 0.3 is 0 Å². The van der Waals surface area contributed by atoms with E-state index in [0.29, 0.717) is 29.0 Å². The van der Waals surface area contributed by atoms with Crippen molar-refractivity contribution in [2.75, 3.05) is 13.2 Å². The predicted octanol–water partition coefficient (Wildman–Crippen LogP) is 5.11. The number of benzene rings is 3. The highest BCUT2D eigenvalue weighted by atomic mass is 16.5. The average molecular weight is 444 g/mol. The number of rotatable bonds is 9. The fourth-order valence-corrected chi connectivity index (χ4v) is 3.79. The number of fused-ring (bicyclic) bond motifs is 1. The number of aliphatic hydroxyl groups excluding tert-OH is 1. The first kappa shape index (κ1) is 22.8. The summed E-state index contributed by atoms with van der Waals surface area (Å²) in [7, 11) is 0. The zero-order valence-corrected chi connectivity index (χ0v) is 19.0. The van der Waals surface area contributed by atoms with Crippen LogP contribution in [-0.2, 0) is 6.54 Å².